The summed E-state index contributed by atoms with van der Waals surface area (Å²) in [6.45, 7) is 0. The van der Waals surface area contributed by atoms with Gasteiger partial charge in [-0.05, 0) is 24.3 Å². The summed E-state index contributed by atoms with van der Waals surface area (Å²) in [5.74, 6) is -2.01. The fourth-order valence-electron chi connectivity index (χ4n) is 2.97. The van der Waals surface area contributed by atoms with Crippen molar-refractivity contribution >= 4 is 46.5 Å². The maximum Gasteiger partial charge on any atom is 0.274 e. The lowest BCUT2D eigenvalue weighted by Crippen LogP contribution is -2.21. The van der Waals surface area contributed by atoms with E-state index in [9.17, 15) is 19.2 Å². The van der Waals surface area contributed by atoms with E-state index in [1.807, 2.05) is 6.07 Å². The first-order valence-electron chi connectivity index (χ1n) is 9.26. The number of Topliss-reactive ketones (excluding diaryl/α,β-unsaturated/α-hetero) is 1. The second kappa shape index (κ2) is 8.80. The van der Waals surface area contributed by atoms with Crippen LogP contribution in [0.4, 0.5) is 11.4 Å². The van der Waals surface area contributed by atoms with E-state index in [0.29, 0.717) is 11.4 Å². The molecule has 0 unspecified atom stereocenters. The summed E-state index contributed by atoms with van der Waals surface area (Å²) in [4.78, 5) is 50.3. The average Bonchev–Trinajstić information content (AvgIpc) is 3.23. The van der Waals surface area contributed by atoms with Crippen LogP contribution in [0.1, 0.15) is 31.3 Å². The molecule has 1 aromatic heterocycles. The maximum absolute atomic E-state index is 13.0. The van der Waals surface area contributed by atoms with Gasteiger partial charge in [0, 0.05) is 17.5 Å². The Morgan fingerprint density at radius 3 is 2.16 bits per heavy atom. The van der Waals surface area contributed by atoms with E-state index in [2.05, 4.69) is 20.8 Å². The minimum Gasteiger partial charge on any atom is -0.325 e. The molecule has 0 bridgehead atoms. The van der Waals surface area contributed by atoms with E-state index < -0.39 is 17.5 Å². The molecule has 2 aromatic carbocycles. The molecule has 8 nitrogen and oxygen atoms in total. The average molecular weight is 432 g/mol. The van der Waals surface area contributed by atoms with Crippen LogP contribution in [0, 0.1) is 0 Å². The monoisotopic (exact) mass is 432 g/mol. The summed E-state index contributed by atoms with van der Waals surface area (Å²) in [7, 11) is 0. The molecule has 0 atom stereocenters. The van der Waals surface area contributed by atoms with Crippen LogP contribution in [0.3, 0.4) is 0 Å². The highest BCUT2D eigenvalue weighted by atomic mass is 32.2. The molecular weight excluding hydrogens is 416 g/mol. The van der Waals surface area contributed by atoms with Crippen molar-refractivity contribution in [3.8, 4) is 0 Å². The number of carbonyl (C=O) groups is 4. The van der Waals surface area contributed by atoms with Gasteiger partial charge in [0.2, 0.25) is 17.5 Å². The number of aromatic nitrogens is 2. The van der Waals surface area contributed by atoms with Gasteiger partial charge in [0.1, 0.15) is 11.4 Å². The fraction of sp³-hybridized carbons (Fsp3) is 0.0455. The van der Waals surface area contributed by atoms with E-state index in [-0.39, 0.29) is 33.5 Å². The molecule has 0 aliphatic heterocycles. The molecule has 31 heavy (non-hydrogen) atoms. The number of benzene rings is 2. The fourth-order valence-corrected chi connectivity index (χ4v) is 3.75. The smallest absolute Gasteiger partial charge is 0.274 e. The summed E-state index contributed by atoms with van der Waals surface area (Å²) in [6, 6.07) is 17.6. The number of hydrogen-bond donors (Lipinski definition) is 3. The highest BCUT2D eigenvalue weighted by molar-refractivity contribution is 8.04. The number of thioether (sulfide) groups is 1. The van der Waals surface area contributed by atoms with Crippen molar-refractivity contribution in [3.63, 3.8) is 0 Å². The minimum absolute atomic E-state index is 0.0710. The van der Waals surface area contributed by atoms with Crippen LogP contribution < -0.4 is 10.6 Å². The topological polar surface area (TPSA) is 121 Å². The largest absolute Gasteiger partial charge is 0.325 e. The van der Waals surface area contributed by atoms with Crippen molar-refractivity contribution in [2.45, 2.75) is 0 Å². The van der Waals surface area contributed by atoms with E-state index in [1.165, 1.54) is 0 Å². The molecule has 3 N–H and O–H groups in total. The molecule has 9 heteroatoms. The number of anilines is 2. The first-order chi connectivity index (χ1) is 15.0. The number of hydrogen-bond acceptors (Lipinski definition) is 6. The number of nitrogens with zero attached hydrogens (tertiary/aromatic N) is 1. The molecule has 4 rings (SSSR count). The normalized spacial score (nSPS) is 12.7. The molecule has 1 aliphatic rings. The predicted octanol–water partition coefficient (Wildman–Crippen LogP) is 3.30. The molecule has 0 radical (unpaired) electrons. The molecule has 2 amide bonds. The highest BCUT2D eigenvalue weighted by Crippen LogP contribution is 2.29. The van der Waals surface area contributed by atoms with Gasteiger partial charge in [-0.25, -0.2) is 0 Å². The Balaban J connectivity index is 1.48. The molecule has 0 spiro atoms. The van der Waals surface area contributed by atoms with Crippen molar-refractivity contribution < 1.29 is 19.2 Å². The number of nitrogens with one attached hydrogen (secondary N) is 3. The second-order valence-corrected chi connectivity index (χ2v) is 7.56. The van der Waals surface area contributed by atoms with Crippen LogP contribution in [-0.4, -0.2) is 39.3 Å². The number of rotatable bonds is 6. The van der Waals surface area contributed by atoms with Gasteiger partial charge in [-0.1, -0.05) is 36.4 Å². The van der Waals surface area contributed by atoms with Gasteiger partial charge in [-0.3, -0.25) is 24.3 Å². The number of para-hydroxylation sites is 2. The number of ketones is 2. The van der Waals surface area contributed by atoms with Crippen molar-refractivity contribution in [1.29, 1.82) is 0 Å². The van der Waals surface area contributed by atoms with Gasteiger partial charge in [0.25, 0.3) is 5.91 Å². The molecule has 0 saturated heterocycles. The number of allylic oxidation sites excluding steroid dienone is 2. The van der Waals surface area contributed by atoms with E-state index >= 15 is 0 Å². The predicted molar refractivity (Wildman–Crippen MR) is 117 cm³/mol. The van der Waals surface area contributed by atoms with E-state index in [4.69, 9.17) is 0 Å². The molecule has 154 valence electrons. The zero-order chi connectivity index (χ0) is 21.8. The summed E-state index contributed by atoms with van der Waals surface area (Å²) in [5.41, 5.74) is 0.864. The number of fused-ring (bicyclic) bond motifs is 1. The Morgan fingerprint density at radius 1 is 0.903 bits per heavy atom. The lowest BCUT2D eigenvalue weighted by Gasteiger charge is -2.12. The number of carbonyl (C=O) groups excluding carboxylic acids is 4. The molecule has 1 heterocycles. The van der Waals surface area contributed by atoms with Gasteiger partial charge in [0.15, 0.2) is 0 Å². The second-order valence-electron chi connectivity index (χ2n) is 6.55. The Bertz CT molecular complexity index is 1200. The van der Waals surface area contributed by atoms with Gasteiger partial charge in [-0.15, -0.1) is 11.8 Å². The maximum atomic E-state index is 13.0. The third-order valence-electron chi connectivity index (χ3n) is 4.39. The lowest BCUT2D eigenvalue weighted by molar-refractivity contribution is -0.113. The molecular formula is C22H16N4O4S. The van der Waals surface area contributed by atoms with Crippen molar-refractivity contribution in [1.82, 2.24) is 10.2 Å². The third kappa shape index (κ3) is 4.46. The minimum atomic E-state index is -0.589. The summed E-state index contributed by atoms with van der Waals surface area (Å²) >= 11 is 0.933. The summed E-state index contributed by atoms with van der Waals surface area (Å²) < 4.78 is 0. The van der Waals surface area contributed by atoms with Gasteiger partial charge in [0.05, 0.1) is 16.2 Å². The molecule has 3 aromatic rings. The van der Waals surface area contributed by atoms with E-state index in [1.54, 1.807) is 54.6 Å². The van der Waals surface area contributed by atoms with Crippen LogP contribution in [0.5, 0.6) is 0 Å². The number of H-pyrrole nitrogens is 1. The quantitative estimate of drug-likeness (QED) is 0.550. The highest BCUT2D eigenvalue weighted by Gasteiger charge is 2.34. The van der Waals surface area contributed by atoms with Crippen LogP contribution >= 0.6 is 11.8 Å². The van der Waals surface area contributed by atoms with E-state index in [0.717, 1.165) is 17.8 Å². The Kier molecular flexibility index (Phi) is 5.76. The van der Waals surface area contributed by atoms with Crippen molar-refractivity contribution in [3.05, 3.63) is 88.6 Å². The van der Waals surface area contributed by atoms with Gasteiger partial charge >= 0.3 is 0 Å². The van der Waals surface area contributed by atoms with Gasteiger partial charge < -0.3 is 10.6 Å². The molecule has 1 aliphatic carbocycles. The lowest BCUT2D eigenvalue weighted by atomic mass is 9.99. The number of amides is 2. The van der Waals surface area contributed by atoms with Crippen LogP contribution in [0.15, 0.2) is 71.6 Å². The van der Waals surface area contributed by atoms with Crippen molar-refractivity contribution in [2.75, 3.05) is 16.4 Å². The van der Waals surface area contributed by atoms with Gasteiger partial charge in [-0.2, -0.15) is 5.10 Å². The van der Waals surface area contributed by atoms with Crippen LogP contribution in [0.25, 0.3) is 0 Å². The zero-order valence-corrected chi connectivity index (χ0v) is 16.9. The molecule has 0 fully saturated rings. The standard InChI is InChI=1S/C22H16N4O4S/c27-15-11-16(31-12-17(28)23-13-7-3-1-4-8-13)21(29)18-19(15)25-26-20(18)22(30)24-14-9-5-2-6-10-14/h1-11H,12H2,(H,23,28)(H,24,30)(H,25,26). The van der Waals surface area contributed by atoms with Crippen LogP contribution in [-0.2, 0) is 4.79 Å². The zero-order valence-electron chi connectivity index (χ0n) is 16.0. The van der Waals surface area contributed by atoms with Crippen molar-refractivity contribution in [2.24, 2.45) is 0 Å². The third-order valence-corrected chi connectivity index (χ3v) is 5.41. The molecule has 0 saturated carbocycles. The van der Waals surface area contributed by atoms with Crippen LogP contribution in [0.2, 0.25) is 0 Å². The Labute approximate surface area is 181 Å². The SMILES string of the molecule is O=C(CSC1=CC(=O)c2n[nH]c(C(=O)Nc3ccccc3)c2C1=O)Nc1ccccc1. The number of aromatic amines is 1. The first kappa shape index (κ1) is 20.3. The summed E-state index contributed by atoms with van der Waals surface area (Å²) in [6.07, 6.45) is 1.14. The Morgan fingerprint density at radius 2 is 1.52 bits per heavy atom. The Hall–Kier alpha value is -3.98. The first-order valence-corrected chi connectivity index (χ1v) is 10.2. The summed E-state index contributed by atoms with van der Waals surface area (Å²) in [5, 5.41) is 11.7.